The molecule has 0 atom stereocenters. The number of amides is 1. The van der Waals surface area contributed by atoms with Crippen molar-refractivity contribution in [2.24, 2.45) is 0 Å². The molecule has 4 rings (SSSR count). The maximum Gasteiger partial charge on any atom is 0.255 e. The monoisotopic (exact) mass is 415 g/mol. The molecular formula is C25H25N3O3. The number of nitrogen functional groups attached to an aromatic ring is 1. The molecule has 31 heavy (non-hydrogen) atoms. The second-order valence-electron chi connectivity index (χ2n) is 7.37. The number of carbonyl (C=O) groups excluding carboxylic acids is 1. The third kappa shape index (κ3) is 5.36. The Morgan fingerprint density at radius 3 is 2.61 bits per heavy atom. The highest BCUT2D eigenvalue weighted by Gasteiger charge is 2.17. The maximum absolute atomic E-state index is 12.6. The van der Waals surface area contributed by atoms with Gasteiger partial charge in [-0.1, -0.05) is 48.1 Å². The number of rotatable bonds is 7. The number of anilines is 2. The number of hydrogen-bond acceptors (Lipinski definition) is 5. The van der Waals surface area contributed by atoms with Gasteiger partial charge in [-0.2, -0.15) is 0 Å². The number of nitrogens with two attached hydrogens (primary N) is 1. The summed E-state index contributed by atoms with van der Waals surface area (Å²) in [7, 11) is 0. The molecule has 1 amide bonds. The summed E-state index contributed by atoms with van der Waals surface area (Å²) in [6, 6.07) is 14.7. The Bertz CT molecular complexity index is 1050. The predicted octanol–water partition coefficient (Wildman–Crippen LogP) is 4.92. The summed E-state index contributed by atoms with van der Waals surface area (Å²) in [5.41, 5.74) is 10.0. The van der Waals surface area contributed by atoms with Gasteiger partial charge < -0.3 is 25.4 Å². The zero-order valence-electron chi connectivity index (χ0n) is 17.2. The highest BCUT2D eigenvalue weighted by Crippen LogP contribution is 2.22. The van der Waals surface area contributed by atoms with Crippen LogP contribution < -0.4 is 11.1 Å². The lowest BCUT2D eigenvalue weighted by molar-refractivity contribution is 0.102. The summed E-state index contributed by atoms with van der Waals surface area (Å²) >= 11 is 0. The molecule has 0 fully saturated rings. The van der Waals surface area contributed by atoms with Crippen LogP contribution in [0.3, 0.4) is 0 Å². The third-order valence-electron chi connectivity index (χ3n) is 5.10. The first-order valence-corrected chi connectivity index (χ1v) is 10.2. The molecule has 0 radical (unpaired) electrons. The molecule has 1 aliphatic heterocycles. The SMILES string of the molecule is Nc1ccccc1NC(=O)c1ccc(CN(CC2=CC=CCC2)C2=COC=CO2)cc1. The van der Waals surface area contributed by atoms with Gasteiger partial charge in [0.05, 0.1) is 11.4 Å². The average Bonchev–Trinajstić information content (AvgIpc) is 2.82. The van der Waals surface area contributed by atoms with Crippen molar-refractivity contribution in [3.63, 3.8) is 0 Å². The van der Waals surface area contributed by atoms with E-state index in [-0.39, 0.29) is 5.91 Å². The summed E-state index contributed by atoms with van der Waals surface area (Å²) in [6.07, 6.45) is 13.1. The smallest absolute Gasteiger partial charge is 0.255 e. The first-order valence-electron chi connectivity index (χ1n) is 10.2. The second kappa shape index (κ2) is 9.71. The van der Waals surface area contributed by atoms with E-state index in [1.54, 1.807) is 18.4 Å². The van der Waals surface area contributed by atoms with Crippen LogP contribution in [0.5, 0.6) is 0 Å². The Morgan fingerprint density at radius 2 is 1.90 bits per heavy atom. The predicted molar refractivity (Wildman–Crippen MR) is 122 cm³/mol. The largest absolute Gasteiger partial charge is 0.464 e. The summed E-state index contributed by atoms with van der Waals surface area (Å²) in [5, 5.41) is 2.85. The quantitative estimate of drug-likeness (QED) is 0.628. The minimum Gasteiger partial charge on any atom is -0.464 e. The van der Waals surface area contributed by atoms with Crippen molar-refractivity contribution in [2.45, 2.75) is 19.4 Å². The van der Waals surface area contributed by atoms with Crippen molar-refractivity contribution < 1.29 is 14.3 Å². The number of ether oxygens (including phenoxy) is 2. The topological polar surface area (TPSA) is 76.8 Å². The molecule has 2 aromatic carbocycles. The van der Waals surface area contributed by atoms with Gasteiger partial charge in [0, 0.05) is 18.7 Å². The van der Waals surface area contributed by atoms with Crippen LogP contribution in [0, 0.1) is 0 Å². The van der Waals surface area contributed by atoms with Crippen LogP contribution in [0.1, 0.15) is 28.8 Å². The van der Waals surface area contributed by atoms with Crippen LogP contribution in [0.4, 0.5) is 11.4 Å². The molecule has 2 aromatic rings. The standard InChI is InChI=1S/C25H25N3O3/c26-22-8-4-5-9-23(22)27-25(29)21-12-10-20(11-13-21)17-28(24-18-30-14-15-31-24)16-19-6-2-1-3-7-19/h1-2,4-6,8-15,18H,3,7,16-17,26H2,(H,27,29). The molecule has 0 bridgehead atoms. The summed E-state index contributed by atoms with van der Waals surface area (Å²) in [6.45, 7) is 1.36. The zero-order chi connectivity index (χ0) is 21.5. The number of hydrogen-bond donors (Lipinski definition) is 2. The van der Waals surface area contributed by atoms with Crippen LogP contribution in [0.25, 0.3) is 0 Å². The van der Waals surface area contributed by atoms with E-state index in [2.05, 4.69) is 28.4 Å². The number of benzene rings is 2. The Hall–Kier alpha value is -3.93. The van der Waals surface area contributed by atoms with Gasteiger partial charge in [-0.15, -0.1) is 0 Å². The Balaban J connectivity index is 1.45. The lowest BCUT2D eigenvalue weighted by atomic mass is 10.0. The fourth-order valence-electron chi connectivity index (χ4n) is 3.43. The van der Waals surface area contributed by atoms with Gasteiger partial charge in [-0.25, -0.2) is 0 Å². The number of nitrogens with one attached hydrogen (secondary N) is 1. The normalized spacial score (nSPS) is 14.7. The second-order valence-corrected chi connectivity index (χ2v) is 7.37. The molecule has 1 heterocycles. The molecule has 2 aliphatic rings. The number of nitrogens with zero attached hydrogens (tertiary/aromatic N) is 1. The fourth-order valence-corrected chi connectivity index (χ4v) is 3.43. The van der Waals surface area contributed by atoms with Crippen molar-refractivity contribution in [1.82, 2.24) is 4.90 Å². The zero-order valence-corrected chi connectivity index (χ0v) is 17.2. The highest BCUT2D eigenvalue weighted by atomic mass is 16.5. The van der Waals surface area contributed by atoms with Gasteiger partial charge in [-0.05, 0) is 42.7 Å². The van der Waals surface area contributed by atoms with E-state index in [4.69, 9.17) is 15.2 Å². The van der Waals surface area contributed by atoms with Crippen LogP contribution in [-0.4, -0.2) is 17.4 Å². The molecule has 1 aliphatic carbocycles. The van der Waals surface area contributed by atoms with Gasteiger partial charge in [0.15, 0.2) is 6.26 Å². The summed E-state index contributed by atoms with van der Waals surface area (Å²) in [5.74, 6) is 0.455. The van der Waals surface area contributed by atoms with E-state index in [1.165, 1.54) is 18.1 Å². The van der Waals surface area contributed by atoms with Crippen molar-refractivity contribution in [3.05, 3.63) is 108 Å². The Morgan fingerprint density at radius 1 is 1.06 bits per heavy atom. The minimum atomic E-state index is -0.197. The van der Waals surface area contributed by atoms with Crippen LogP contribution >= 0.6 is 0 Å². The molecule has 158 valence electrons. The molecular weight excluding hydrogens is 390 g/mol. The lowest BCUT2D eigenvalue weighted by Crippen LogP contribution is -2.27. The number of para-hydroxylation sites is 2. The number of allylic oxidation sites excluding steroid dienone is 3. The van der Waals surface area contributed by atoms with Crippen LogP contribution in [0.15, 0.2) is 97.0 Å². The Kier molecular flexibility index (Phi) is 6.38. The average molecular weight is 415 g/mol. The molecule has 0 spiro atoms. The van der Waals surface area contributed by atoms with Crippen LogP contribution in [-0.2, 0) is 16.0 Å². The highest BCUT2D eigenvalue weighted by molar-refractivity contribution is 6.05. The van der Waals surface area contributed by atoms with E-state index in [9.17, 15) is 4.79 Å². The molecule has 0 saturated heterocycles. The molecule has 6 nitrogen and oxygen atoms in total. The van der Waals surface area contributed by atoms with E-state index in [0.29, 0.717) is 29.4 Å². The van der Waals surface area contributed by atoms with Crippen molar-refractivity contribution >= 4 is 17.3 Å². The summed E-state index contributed by atoms with van der Waals surface area (Å²) in [4.78, 5) is 14.7. The van der Waals surface area contributed by atoms with E-state index >= 15 is 0 Å². The van der Waals surface area contributed by atoms with E-state index in [0.717, 1.165) is 24.9 Å². The van der Waals surface area contributed by atoms with Gasteiger partial charge >= 0.3 is 0 Å². The molecule has 0 aromatic heterocycles. The molecule has 6 heteroatoms. The van der Waals surface area contributed by atoms with Crippen molar-refractivity contribution in [3.8, 4) is 0 Å². The first-order chi connectivity index (χ1) is 15.2. The van der Waals surface area contributed by atoms with E-state index < -0.39 is 0 Å². The first kappa shape index (κ1) is 20.3. The molecule has 0 unspecified atom stereocenters. The van der Waals surface area contributed by atoms with E-state index in [1.807, 2.05) is 36.4 Å². The van der Waals surface area contributed by atoms with Gasteiger partial charge in [0.2, 0.25) is 5.88 Å². The van der Waals surface area contributed by atoms with Gasteiger partial charge in [0.25, 0.3) is 5.91 Å². The Labute approximate surface area is 182 Å². The fraction of sp³-hybridized carbons (Fsp3) is 0.160. The minimum absolute atomic E-state index is 0.197. The van der Waals surface area contributed by atoms with Gasteiger partial charge in [-0.3, -0.25) is 4.79 Å². The maximum atomic E-state index is 12.6. The van der Waals surface area contributed by atoms with Crippen molar-refractivity contribution in [1.29, 1.82) is 0 Å². The third-order valence-corrected chi connectivity index (χ3v) is 5.10. The summed E-state index contributed by atoms with van der Waals surface area (Å²) < 4.78 is 11.0. The lowest BCUT2D eigenvalue weighted by Gasteiger charge is -2.28. The molecule has 3 N–H and O–H groups in total. The van der Waals surface area contributed by atoms with Crippen LogP contribution in [0.2, 0.25) is 0 Å². The number of carbonyl (C=O) groups is 1. The molecule has 0 saturated carbocycles. The van der Waals surface area contributed by atoms with Gasteiger partial charge in [0.1, 0.15) is 12.5 Å². The van der Waals surface area contributed by atoms with Crippen molar-refractivity contribution in [2.75, 3.05) is 17.6 Å².